The average Bonchev–Trinajstić information content (AvgIpc) is 3.91. The molecule has 7 aliphatic carbocycles. The number of para-hydroxylation sites is 1. The van der Waals surface area contributed by atoms with Gasteiger partial charge >= 0.3 is 0 Å². The molecule has 12 rings (SSSR count). The van der Waals surface area contributed by atoms with Gasteiger partial charge in [0.2, 0.25) is 0 Å². The van der Waals surface area contributed by atoms with E-state index < -0.39 is 0 Å². The minimum atomic E-state index is -0.342. The van der Waals surface area contributed by atoms with Crippen LogP contribution in [0.2, 0.25) is 0 Å². The summed E-state index contributed by atoms with van der Waals surface area (Å²) in [6.45, 7) is 4.92. The Balaban J connectivity index is 0.997. The van der Waals surface area contributed by atoms with Gasteiger partial charge in [0.05, 0.1) is 11.5 Å². The highest BCUT2D eigenvalue weighted by atomic mass is 16.5. The van der Waals surface area contributed by atoms with Crippen LogP contribution < -0.4 is 4.74 Å². The molecule has 0 N–H and O–H groups in total. The fraction of sp³-hybridized carbons (Fsp3) is 0.403. The first kappa shape index (κ1) is 41.1. The molecule has 3 aliphatic heterocycles. The van der Waals surface area contributed by atoms with Crippen molar-refractivity contribution in [3.8, 4) is 5.75 Å². The molecule has 0 saturated heterocycles. The molecular formula is C62H65NO2. The van der Waals surface area contributed by atoms with E-state index in [1.807, 2.05) is 0 Å². The molecular weight excluding hydrogens is 791 g/mol. The SMILES string of the molecule is Cc1ccccc1[C@@H]1CC(C2=CC=CC3C2Oc2ccccc2C3(C2=CCCC=C2)C2=CC=CC2)=NC(C2C=CCC3C2OC2=C(C=CCC2)C3(C2C=CC=CC2)C2(C)C=CCCC2)C1. The van der Waals surface area contributed by atoms with Crippen molar-refractivity contribution < 1.29 is 9.47 Å². The number of fused-ring (bicyclic) bond motifs is 3. The molecule has 0 radical (unpaired) electrons. The molecule has 3 heteroatoms. The van der Waals surface area contributed by atoms with E-state index in [-0.39, 0.29) is 46.3 Å². The van der Waals surface area contributed by atoms with Gasteiger partial charge in [-0.05, 0) is 123 Å². The maximum Gasteiger partial charge on any atom is 0.133 e. The van der Waals surface area contributed by atoms with Crippen LogP contribution in [-0.2, 0) is 10.2 Å². The third-order valence-corrected chi connectivity index (χ3v) is 17.7. The van der Waals surface area contributed by atoms with E-state index in [2.05, 4.69) is 178 Å². The van der Waals surface area contributed by atoms with E-state index in [1.165, 1.54) is 69.7 Å². The van der Waals surface area contributed by atoms with Gasteiger partial charge in [-0.2, -0.15) is 0 Å². The van der Waals surface area contributed by atoms with Crippen LogP contribution >= 0.6 is 0 Å². The summed E-state index contributed by atoms with van der Waals surface area (Å²) in [6.07, 6.45) is 58.9. The number of hydrogen-bond donors (Lipinski definition) is 0. The van der Waals surface area contributed by atoms with Crippen LogP contribution in [0.5, 0.6) is 5.75 Å². The molecule has 11 atom stereocenters. The zero-order valence-corrected chi connectivity index (χ0v) is 38.5. The number of benzene rings is 2. The zero-order chi connectivity index (χ0) is 43.6. The van der Waals surface area contributed by atoms with Crippen LogP contribution in [0.25, 0.3) is 0 Å². The minimum Gasteiger partial charge on any atom is -0.493 e. The first-order chi connectivity index (χ1) is 32.0. The van der Waals surface area contributed by atoms with Crippen LogP contribution in [0.4, 0.5) is 0 Å². The van der Waals surface area contributed by atoms with Crippen molar-refractivity contribution in [2.45, 2.75) is 120 Å². The maximum absolute atomic E-state index is 7.63. The van der Waals surface area contributed by atoms with Gasteiger partial charge in [0.15, 0.2) is 0 Å². The smallest absolute Gasteiger partial charge is 0.133 e. The van der Waals surface area contributed by atoms with Crippen LogP contribution in [0.1, 0.15) is 107 Å². The Labute approximate surface area is 388 Å². The fourth-order valence-corrected chi connectivity index (χ4v) is 15.1. The van der Waals surface area contributed by atoms with Gasteiger partial charge in [0.25, 0.3) is 0 Å². The number of aliphatic imine (C=N–C) groups is 1. The first-order valence-electron chi connectivity index (χ1n) is 25.3. The fourth-order valence-electron chi connectivity index (χ4n) is 15.1. The molecule has 0 spiro atoms. The Morgan fingerprint density at radius 1 is 0.769 bits per heavy atom. The molecule has 2 aromatic carbocycles. The third-order valence-electron chi connectivity index (χ3n) is 17.7. The number of hydrogen-bond acceptors (Lipinski definition) is 3. The van der Waals surface area contributed by atoms with Crippen molar-refractivity contribution in [3.63, 3.8) is 0 Å². The highest BCUT2D eigenvalue weighted by molar-refractivity contribution is 6.03. The van der Waals surface area contributed by atoms with E-state index in [0.29, 0.717) is 17.8 Å². The molecule has 0 amide bonds. The van der Waals surface area contributed by atoms with E-state index in [9.17, 15) is 0 Å². The van der Waals surface area contributed by atoms with Gasteiger partial charge in [0.1, 0.15) is 23.7 Å². The highest BCUT2D eigenvalue weighted by Crippen LogP contribution is 2.68. The lowest BCUT2D eigenvalue weighted by atomic mass is 9.43. The summed E-state index contributed by atoms with van der Waals surface area (Å²) in [7, 11) is 0. The molecule has 0 bridgehead atoms. The van der Waals surface area contributed by atoms with Crippen LogP contribution in [0.3, 0.4) is 0 Å². The molecule has 0 aromatic heterocycles. The Bertz CT molecular complexity index is 2670. The standard InChI is InChI=1S/C62H65NO2/c1-42-22-10-13-29-47(42)43-40-54(48-30-20-34-52-58(48)64-56-36-16-14-32-50(56)61(52,45-25-11-12-26-45)44-23-6-3-7-24-44)63-55(41-43)49-31-21-35-53-59(49)65-57-37-17-15-33-51(57)62(53,46-27-8-4-9-28-46)60(2)38-18-5-19-39-60/h4,6,8-16,18,20-25,27,29-34,36,38,43,46,49,52-53,55,58-59H,3,5,7,17,19,26,28,35,37,39-41H2,1-2H3/t43-,46?,49?,52?,53?,55?,58?,59?,60?,61?,62?/m1/s1. The van der Waals surface area contributed by atoms with Gasteiger partial charge in [-0.25, -0.2) is 0 Å². The lowest BCUT2D eigenvalue weighted by Gasteiger charge is -2.63. The third kappa shape index (κ3) is 6.37. The molecule has 10 aliphatic rings. The van der Waals surface area contributed by atoms with Gasteiger partial charge in [-0.15, -0.1) is 0 Å². The number of allylic oxidation sites excluding steroid dienone is 21. The molecule has 3 nitrogen and oxygen atoms in total. The molecule has 10 unspecified atom stereocenters. The lowest BCUT2D eigenvalue weighted by molar-refractivity contribution is -0.113. The summed E-state index contributed by atoms with van der Waals surface area (Å²) in [6, 6.07) is 18.1. The zero-order valence-electron chi connectivity index (χ0n) is 38.5. The number of rotatable bonds is 7. The predicted molar refractivity (Wildman–Crippen MR) is 267 cm³/mol. The summed E-state index contributed by atoms with van der Waals surface area (Å²) in [4.78, 5) is 6.10. The average molecular weight is 856 g/mol. The van der Waals surface area contributed by atoms with Crippen molar-refractivity contribution in [2.75, 3.05) is 0 Å². The van der Waals surface area contributed by atoms with E-state index in [4.69, 9.17) is 14.5 Å². The number of nitrogens with zero attached hydrogens (tertiary/aromatic N) is 1. The Morgan fingerprint density at radius 2 is 1.68 bits per heavy atom. The van der Waals surface area contributed by atoms with Gasteiger partial charge in [-0.1, -0.05) is 170 Å². The van der Waals surface area contributed by atoms with E-state index >= 15 is 0 Å². The first-order valence-corrected chi connectivity index (χ1v) is 25.3. The Morgan fingerprint density at radius 3 is 2.51 bits per heavy atom. The predicted octanol–water partition coefficient (Wildman–Crippen LogP) is 14.7. The minimum absolute atomic E-state index is 0.00339. The summed E-state index contributed by atoms with van der Waals surface area (Å²) in [5.74, 6) is 3.50. The second-order valence-electron chi connectivity index (χ2n) is 20.9. The van der Waals surface area contributed by atoms with Crippen LogP contribution in [-0.4, -0.2) is 24.0 Å². The Hall–Kier alpha value is -5.41. The van der Waals surface area contributed by atoms with Crippen LogP contribution in [0.15, 0.2) is 197 Å². The maximum atomic E-state index is 7.63. The Kier molecular flexibility index (Phi) is 10.4. The van der Waals surface area contributed by atoms with Gasteiger partial charge in [0, 0.05) is 46.4 Å². The highest BCUT2D eigenvalue weighted by Gasteiger charge is 2.64. The van der Waals surface area contributed by atoms with Crippen molar-refractivity contribution in [3.05, 3.63) is 209 Å². The largest absolute Gasteiger partial charge is 0.493 e. The molecule has 2 aromatic rings. The van der Waals surface area contributed by atoms with Gasteiger partial charge in [-0.3, -0.25) is 4.99 Å². The summed E-state index contributed by atoms with van der Waals surface area (Å²) < 4.78 is 15.0. The second kappa shape index (κ2) is 16.5. The van der Waals surface area contributed by atoms with E-state index in [1.54, 1.807) is 0 Å². The van der Waals surface area contributed by atoms with Gasteiger partial charge < -0.3 is 9.47 Å². The summed E-state index contributed by atoms with van der Waals surface area (Å²) in [5, 5.41) is 0. The summed E-state index contributed by atoms with van der Waals surface area (Å²) in [5.41, 5.74) is 10.5. The summed E-state index contributed by atoms with van der Waals surface area (Å²) >= 11 is 0. The molecule has 65 heavy (non-hydrogen) atoms. The molecule has 0 saturated carbocycles. The second-order valence-corrected chi connectivity index (χ2v) is 20.9. The quantitative estimate of drug-likeness (QED) is 0.260. The van der Waals surface area contributed by atoms with E-state index in [0.717, 1.165) is 63.5 Å². The number of ether oxygens (including phenoxy) is 2. The topological polar surface area (TPSA) is 30.8 Å². The van der Waals surface area contributed by atoms with Crippen LogP contribution in [0, 0.1) is 41.4 Å². The molecule has 3 heterocycles. The van der Waals surface area contributed by atoms with Crippen molar-refractivity contribution in [1.29, 1.82) is 0 Å². The molecule has 0 fully saturated rings. The van der Waals surface area contributed by atoms with Crippen molar-refractivity contribution in [1.82, 2.24) is 0 Å². The van der Waals surface area contributed by atoms with Crippen molar-refractivity contribution >= 4 is 5.71 Å². The molecule has 330 valence electrons. The normalized spacial score (nSPS) is 37.5. The lowest BCUT2D eigenvalue weighted by Crippen LogP contribution is -2.60. The number of aryl methyl sites for hydroxylation is 1. The van der Waals surface area contributed by atoms with Crippen molar-refractivity contribution in [2.24, 2.45) is 39.5 Å². The monoisotopic (exact) mass is 856 g/mol.